The molecule has 28 heavy (non-hydrogen) atoms. The van der Waals surface area contributed by atoms with E-state index < -0.39 is 10.0 Å². The van der Waals surface area contributed by atoms with Crippen LogP contribution in [0, 0.1) is 0 Å². The first kappa shape index (κ1) is 20.1. The van der Waals surface area contributed by atoms with Crippen molar-refractivity contribution in [3.05, 3.63) is 72.8 Å². The molecule has 3 rings (SSSR count). The van der Waals surface area contributed by atoms with Gasteiger partial charge in [0.25, 0.3) is 15.9 Å². The Morgan fingerprint density at radius 1 is 1.21 bits per heavy atom. The Hall–Kier alpha value is -2.64. The average molecular weight is 401 g/mol. The van der Waals surface area contributed by atoms with Gasteiger partial charge < -0.3 is 10.1 Å². The molecule has 0 saturated carbocycles. The van der Waals surface area contributed by atoms with E-state index in [1.54, 1.807) is 36.4 Å². The van der Waals surface area contributed by atoms with Gasteiger partial charge in [-0.1, -0.05) is 30.3 Å². The van der Waals surface area contributed by atoms with Crippen molar-refractivity contribution >= 4 is 21.6 Å². The fraction of sp³-hybridized carbons (Fsp3) is 0.286. The Bertz CT molecular complexity index is 922. The van der Waals surface area contributed by atoms with Crippen molar-refractivity contribution in [3.63, 3.8) is 0 Å². The lowest BCUT2D eigenvalue weighted by Gasteiger charge is -2.23. The molecule has 1 fully saturated rings. The molecule has 1 aliphatic rings. The second-order valence-electron chi connectivity index (χ2n) is 6.53. The van der Waals surface area contributed by atoms with Crippen LogP contribution in [0.1, 0.15) is 23.2 Å². The van der Waals surface area contributed by atoms with Crippen molar-refractivity contribution < 1.29 is 17.9 Å². The first-order valence-electron chi connectivity index (χ1n) is 9.21. The Morgan fingerprint density at radius 2 is 2.00 bits per heavy atom. The molecule has 148 valence electrons. The molecule has 0 aliphatic carbocycles. The van der Waals surface area contributed by atoms with Crippen molar-refractivity contribution in [2.45, 2.75) is 23.8 Å². The number of benzene rings is 2. The van der Waals surface area contributed by atoms with E-state index in [0.717, 1.165) is 12.8 Å². The zero-order chi connectivity index (χ0) is 20.0. The Morgan fingerprint density at radius 3 is 2.68 bits per heavy atom. The van der Waals surface area contributed by atoms with E-state index in [-0.39, 0.29) is 23.5 Å². The molecule has 2 aromatic rings. The molecule has 2 aromatic carbocycles. The lowest BCUT2D eigenvalue weighted by Crippen LogP contribution is -2.33. The van der Waals surface area contributed by atoms with Crippen molar-refractivity contribution in [2.24, 2.45) is 0 Å². The van der Waals surface area contributed by atoms with Crippen molar-refractivity contribution in [1.29, 1.82) is 0 Å². The van der Waals surface area contributed by atoms with Crippen LogP contribution in [0.25, 0.3) is 0 Å². The number of carbonyl (C=O) groups is 1. The van der Waals surface area contributed by atoms with Gasteiger partial charge in [0.1, 0.15) is 0 Å². The van der Waals surface area contributed by atoms with E-state index in [0.29, 0.717) is 24.4 Å². The molecule has 1 heterocycles. The van der Waals surface area contributed by atoms with Crippen LogP contribution < -0.4 is 9.62 Å². The van der Waals surface area contributed by atoms with Crippen LogP contribution in [0.15, 0.2) is 72.1 Å². The largest absolute Gasteiger partial charge is 0.376 e. The third kappa shape index (κ3) is 4.61. The molecule has 1 amide bonds. The standard InChI is InChI=1S/C21H24N2O4S/c1-2-13-23(18-9-4-3-5-10-18)28(25,26)20-12-6-8-17(15-20)21(24)22-16-19-11-7-14-27-19/h2-6,8-10,12,15,19H,1,7,11,13-14,16H2,(H,22,24)/t19-/m0/s1. The number of rotatable bonds is 8. The van der Waals surface area contributed by atoms with Crippen LogP contribution in [0.2, 0.25) is 0 Å². The lowest BCUT2D eigenvalue weighted by atomic mass is 10.2. The molecule has 0 unspecified atom stereocenters. The molecule has 7 heteroatoms. The third-order valence-electron chi connectivity index (χ3n) is 4.54. The van der Waals surface area contributed by atoms with Crippen molar-refractivity contribution in [1.82, 2.24) is 5.32 Å². The number of para-hydroxylation sites is 1. The number of ether oxygens (including phenoxy) is 1. The predicted molar refractivity (Wildman–Crippen MR) is 109 cm³/mol. The number of hydrogen-bond donors (Lipinski definition) is 1. The molecule has 6 nitrogen and oxygen atoms in total. The molecule has 1 N–H and O–H groups in total. The highest BCUT2D eigenvalue weighted by Gasteiger charge is 2.25. The summed E-state index contributed by atoms with van der Waals surface area (Å²) in [4.78, 5) is 12.5. The maximum absolute atomic E-state index is 13.2. The lowest BCUT2D eigenvalue weighted by molar-refractivity contribution is 0.0857. The Labute approximate surface area is 165 Å². The van der Waals surface area contributed by atoms with Crippen molar-refractivity contribution in [2.75, 3.05) is 24.0 Å². The summed E-state index contributed by atoms with van der Waals surface area (Å²) in [5.41, 5.74) is 0.835. The molecule has 1 saturated heterocycles. The summed E-state index contributed by atoms with van der Waals surface area (Å²) >= 11 is 0. The minimum absolute atomic E-state index is 0.0250. The normalized spacial score (nSPS) is 16.5. The predicted octanol–water partition coefficient (Wildman–Crippen LogP) is 2.98. The van der Waals surface area contributed by atoms with Crippen LogP contribution in [0.4, 0.5) is 5.69 Å². The summed E-state index contributed by atoms with van der Waals surface area (Å²) in [6, 6.07) is 14.9. The second kappa shape index (κ2) is 9.03. The average Bonchev–Trinajstić information content (AvgIpc) is 3.24. The van der Waals surface area contributed by atoms with E-state index in [1.807, 2.05) is 6.07 Å². The van der Waals surface area contributed by atoms with Gasteiger partial charge in [0.2, 0.25) is 0 Å². The second-order valence-corrected chi connectivity index (χ2v) is 8.40. The maximum Gasteiger partial charge on any atom is 0.264 e. The van der Waals surface area contributed by atoms with Crippen LogP contribution >= 0.6 is 0 Å². The van der Waals surface area contributed by atoms with Gasteiger partial charge in [-0.05, 0) is 43.2 Å². The van der Waals surface area contributed by atoms with E-state index in [2.05, 4.69) is 11.9 Å². The van der Waals surface area contributed by atoms with E-state index in [9.17, 15) is 13.2 Å². The van der Waals surface area contributed by atoms with Gasteiger partial charge in [-0.2, -0.15) is 0 Å². The highest BCUT2D eigenvalue weighted by Crippen LogP contribution is 2.24. The van der Waals surface area contributed by atoms with Gasteiger partial charge in [-0.15, -0.1) is 6.58 Å². The quantitative estimate of drug-likeness (QED) is 0.691. The van der Waals surface area contributed by atoms with E-state index in [1.165, 1.54) is 22.5 Å². The van der Waals surface area contributed by atoms with Crippen LogP contribution in [-0.4, -0.2) is 40.1 Å². The number of hydrogen-bond acceptors (Lipinski definition) is 4. The number of anilines is 1. The topological polar surface area (TPSA) is 75.7 Å². The van der Waals surface area contributed by atoms with Gasteiger partial charge in [-0.25, -0.2) is 8.42 Å². The first-order chi connectivity index (χ1) is 13.5. The summed E-state index contributed by atoms with van der Waals surface area (Å²) < 4.78 is 33.1. The van der Waals surface area contributed by atoms with Crippen LogP contribution in [0.5, 0.6) is 0 Å². The van der Waals surface area contributed by atoms with Gasteiger partial charge >= 0.3 is 0 Å². The number of amides is 1. The SMILES string of the molecule is C=CCN(c1ccccc1)S(=O)(=O)c1cccc(C(=O)NC[C@@H]2CCCO2)c1. The van der Waals surface area contributed by atoms with Gasteiger partial charge in [-0.3, -0.25) is 9.10 Å². The monoisotopic (exact) mass is 400 g/mol. The fourth-order valence-corrected chi connectivity index (χ4v) is 4.57. The fourth-order valence-electron chi connectivity index (χ4n) is 3.09. The smallest absolute Gasteiger partial charge is 0.264 e. The summed E-state index contributed by atoms with van der Waals surface area (Å²) in [5, 5.41) is 2.82. The highest BCUT2D eigenvalue weighted by atomic mass is 32.2. The Kier molecular flexibility index (Phi) is 6.49. The molecule has 1 atom stereocenters. The number of sulfonamides is 1. The summed E-state index contributed by atoms with van der Waals surface area (Å²) in [5.74, 6) is -0.317. The van der Waals surface area contributed by atoms with Crippen LogP contribution in [-0.2, 0) is 14.8 Å². The first-order valence-corrected chi connectivity index (χ1v) is 10.6. The van der Waals surface area contributed by atoms with Gasteiger partial charge in [0.05, 0.1) is 23.2 Å². The zero-order valence-electron chi connectivity index (χ0n) is 15.6. The number of nitrogens with one attached hydrogen (secondary N) is 1. The van der Waals surface area contributed by atoms with Crippen molar-refractivity contribution in [3.8, 4) is 0 Å². The number of carbonyl (C=O) groups excluding carboxylic acids is 1. The molecule has 0 radical (unpaired) electrons. The summed E-state index contributed by atoms with van der Waals surface area (Å²) in [6.07, 6.45) is 3.47. The summed E-state index contributed by atoms with van der Waals surface area (Å²) in [6.45, 7) is 4.92. The number of nitrogens with zero attached hydrogens (tertiary/aromatic N) is 1. The van der Waals surface area contributed by atoms with E-state index in [4.69, 9.17) is 4.74 Å². The molecule has 0 aromatic heterocycles. The molecular formula is C21H24N2O4S. The zero-order valence-corrected chi connectivity index (χ0v) is 16.4. The Balaban J connectivity index is 1.82. The van der Waals surface area contributed by atoms with Crippen LogP contribution in [0.3, 0.4) is 0 Å². The van der Waals surface area contributed by atoms with E-state index >= 15 is 0 Å². The van der Waals surface area contributed by atoms with Gasteiger partial charge in [0.15, 0.2) is 0 Å². The maximum atomic E-state index is 13.2. The molecule has 0 spiro atoms. The summed E-state index contributed by atoms with van der Waals surface area (Å²) in [7, 11) is -3.85. The third-order valence-corrected chi connectivity index (χ3v) is 6.33. The minimum atomic E-state index is -3.85. The minimum Gasteiger partial charge on any atom is -0.376 e. The molecular weight excluding hydrogens is 376 g/mol. The molecule has 1 aliphatic heterocycles. The highest BCUT2D eigenvalue weighted by molar-refractivity contribution is 7.92. The van der Waals surface area contributed by atoms with Gasteiger partial charge in [0, 0.05) is 18.7 Å². The molecule has 0 bridgehead atoms.